The van der Waals surface area contributed by atoms with E-state index in [1.54, 1.807) is 0 Å². The largest absolute Gasteiger partial charge is 0.312 e. The highest BCUT2D eigenvalue weighted by Crippen LogP contribution is 2.10. The lowest BCUT2D eigenvalue weighted by Crippen LogP contribution is -2.38. The summed E-state index contributed by atoms with van der Waals surface area (Å²) in [6.45, 7) is 10.6. The third-order valence-corrected chi connectivity index (χ3v) is 2.49. The summed E-state index contributed by atoms with van der Waals surface area (Å²) in [5, 5.41) is 3.35. The highest BCUT2D eigenvalue weighted by Gasteiger charge is 2.16. The quantitative estimate of drug-likeness (QED) is 0.491. The summed E-state index contributed by atoms with van der Waals surface area (Å²) in [5.41, 5.74) is 0. The molecule has 1 saturated heterocycles. The van der Waals surface area contributed by atoms with Crippen LogP contribution < -0.4 is 5.32 Å². The normalized spacial score (nSPS) is 21.1. The molecular formula is C10H20N2. The number of hydrogen-bond donors (Lipinski definition) is 1. The molecule has 12 heavy (non-hydrogen) atoms. The van der Waals surface area contributed by atoms with E-state index in [-0.39, 0.29) is 0 Å². The van der Waals surface area contributed by atoms with E-state index in [4.69, 9.17) is 0 Å². The number of hydrogen-bond acceptors (Lipinski definition) is 2. The minimum atomic E-state index is 0.687. The first-order valence-corrected chi connectivity index (χ1v) is 4.90. The van der Waals surface area contributed by atoms with Crippen molar-refractivity contribution >= 4 is 0 Å². The zero-order valence-corrected chi connectivity index (χ0v) is 8.05. The Kier molecular flexibility index (Phi) is 4.33. The molecule has 0 amide bonds. The molecule has 2 heteroatoms. The summed E-state index contributed by atoms with van der Waals surface area (Å²) in [6, 6.07) is 0.687. The van der Waals surface area contributed by atoms with E-state index < -0.39 is 0 Å². The summed E-state index contributed by atoms with van der Waals surface area (Å²) in [7, 11) is 0. The van der Waals surface area contributed by atoms with Crippen molar-refractivity contribution in [2.75, 3.05) is 26.2 Å². The minimum Gasteiger partial charge on any atom is -0.312 e. The molecule has 1 fully saturated rings. The Morgan fingerprint density at radius 1 is 1.50 bits per heavy atom. The number of nitrogens with one attached hydrogen (secondary N) is 1. The van der Waals surface area contributed by atoms with Crippen LogP contribution in [0.2, 0.25) is 0 Å². The van der Waals surface area contributed by atoms with E-state index in [1.807, 2.05) is 6.08 Å². The fourth-order valence-electron chi connectivity index (χ4n) is 1.71. The van der Waals surface area contributed by atoms with Crippen molar-refractivity contribution in [1.82, 2.24) is 10.2 Å². The van der Waals surface area contributed by atoms with Crippen LogP contribution in [0, 0.1) is 0 Å². The van der Waals surface area contributed by atoms with Gasteiger partial charge in [-0.2, -0.15) is 0 Å². The Labute approximate surface area is 75.6 Å². The van der Waals surface area contributed by atoms with Gasteiger partial charge in [0.1, 0.15) is 0 Å². The molecule has 1 heterocycles. The van der Waals surface area contributed by atoms with E-state index in [0.29, 0.717) is 6.04 Å². The van der Waals surface area contributed by atoms with E-state index in [2.05, 4.69) is 23.7 Å². The summed E-state index contributed by atoms with van der Waals surface area (Å²) in [6.07, 6.45) is 4.67. The van der Waals surface area contributed by atoms with Gasteiger partial charge in [-0.25, -0.2) is 0 Å². The Bertz CT molecular complexity index is 128. The average Bonchev–Trinajstić information content (AvgIpc) is 2.56. The molecule has 1 unspecified atom stereocenters. The van der Waals surface area contributed by atoms with Crippen LogP contribution in [-0.4, -0.2) is 37.1 Å². The number of likely N-dealkylation sites (tertiary alicyclic amines) is 1. The Morgan fingerprint density at radius 3 is 2.75 bits per heavy atom. The van der Waals surface area contributed by atoms with Crippen LogP contribution in [0.15, 0.2) is 12.7 Å². The van der Waals surface area contributed by atoms with Crippen LogP contribution in [0.1, 0.15) is 19.8 Å². The van der Waals surface area contributed by atoms with Gasteiger partial charge in [0, 0.05) is 19.1 Å². The van der Waals surface area contributed by atoms with Crippen molar-refractivity contribution in [3.63, 3.8) is 0 Å². The van der Waals surface area contributed by atoms with Crippen LogP contribution >= 0.6 is 0 Å². The van der Waals surface area contributed by atoms with Crippen molar-refractivity contribution in [3.05, 3.63) is 12.7 Å². The van der Waals surface area contributed by atoms with Gasteiger partial charge in [-0.1, -0.05) is 6.08 Å². The predicted octanol–water partition coefficient (Wildman–Crippen LogP) is 1.25. The predicted molar refractivity (Wildman–Crippen MR) is 53.3 cm³/mol. The summed E-state index contributed by atoms with van der Waals surface area (Å²) in [4.78, 5) is 2.55. The third-order valence-electron chi connectivity index (χ3n) is 2.49. The molecule has 0 aromatic heterocycles. The van der Waals surface area contributed by atoms with Gasteiger partial charge < -0.3 is 5.32 Å². The fourth-order valence-corrected chi connectivity index (χ4v) is 1.71. The molecule has 1 aliphatic heterocycles. The standard InChI is InChI=1S/C10H20N2/c1-3-6-11-9-10(2)12-7-4-5-8-12/h3,10-11H,1,4-9H2,2H3. The van der Waals surface area contributed by atoms with Crippen molar-refractivity contribution in [1.29, 1.82) is 0 Å². The Balaban J connectivity index is 2.09. The molecule has 0 spiro atoms. The zero-order valence-electron chi connectivity index (χ0n) is 8.05. The highest BCUT2D eigenvalue weighted by molar-refractivity contribution is 4.77. The minimum absolute atomic E-state index is 0.687. The van der Waals surface area contributed by atoms with Crippen molar-refractivity contribution < 1.29 is 0 Å². The first-order chi connectivity index (χ1) is 5.84. The smallest absolute Gasteiger partial charge is 0.0192 e. The van der Waals surface area contributed by atoms with E-state index in [9.17, 15) is 0 Å². The molecule has 1 N–H and O–H groups in total. The van der Waals surface area contributed by atoms with Gasteiger partial charge in [-0.3, -0.25) is 4.90 Å². The molecule has 0 bridgehead atoms. The highest BCUT2D eigenvalue weighted by atomic mass is 15.2. The molecule has 0 radical (unpaired) electrons. The van der Waals surface area contributed by atoms with E-state index >= 15 is 0 Å². The van der Waals surface area contributed by atoms with Gasteiger partial charge >= 0.3 is 0 Å². The lowest BCUT2D eigenvalue weighted by atomic mass is 10.3. The van der Waals surface area contributed by atoms with Gasteiger partial charge in [0.05, 0.1) is 0 Å². The molecule has 1 aliphatic rings. The van der Waals surface area contributed by atoms with Crippen LogP contribution in [-0.2, 0) is 0 Å². The van der Waals surface area contributed by atoms with Gasteiger partial charge in [0.15, 0.2) is 0 Å². The molecule has 1 rings (SSSR count). The van der Waals surface area contributed by atoms with Gasteiger partial charge in [0.25, 0.3) is 0 Å². The molecule has 0 saturated carbocycles. The van der Waals surface area contributed by atoms with Crippen molar-refractivity contribution in [2.24, 2.45) is 0 Å². The summed E-state index contributed by atoms with van der Waals surface area (Å²) >= 11 is 0. The molecule has 0 aromatic rings. The molecule has 2 nitrogen and oxygen atoms in total. The zero-order chi connectivity index (χ0) is 8.81. The first kappa shape index (κ1) is 9.75. The average molecular weight is 168 g/mol. The maximum absolute atomic E-state index is 3.68. The Morgan fingerprint density at radius 2 is 2.17 bits per heavy atom. The van der Waals surface area contributed by atoms with Gasteiger partial charge in [-0.05, 0) is 32.9 Å². The van der Waals surface area contributed by atoms with Crippen LogP contribution in [0.5, 0.6) is 0 Å². The van der Waals surface area contributed by atoms with E-state index in [1.165, 1.54) is 25.9 Å². The molecule has 70 valence electrons. The SMILES string of the molecule is C=CCNCC(C)N1CCCC1. The molecule has 0 aromatic carbocycles. The molecular weight excluding hydrogens is 148 g/mol. The van der Waals surface area contributed by atoms with E-state index in [0.717, 1.165) is 13.1 Å². The van der Waals surface area contributed by atoms with Gasteiger partial charge in [0.2, 0.25) is 0 Å². The monoisotopic (exact) mass is 168 g/mol. The fraction of sp³-hybridized carbons (Fsp3) is 0.800. The van der Waals surface area contributed by atoms with Crippen LogP contribution in [0.25, 0.3) is 0 Å². The summed E-state index contributed by atoms with van der Waals surface area (Å²) in [5.74, 6) is 0. The first-order valence-electron chi connectivity index (χ1n) is 4.90. The second kappa shape index (κ2) is 5.33. The second-order valence-electron chi connectivity index (χ2n) is 3.54. The van der Waals surface area contributed by atoms with Crippen LogP contribution in [0.3, 0.4) is 0 Å². The molecule has 1 atom stereocenters. The molecule has 0 aliphatic carbocycles. The van der Waals surface area contributed by atoms with Crippen molar-refractivity contribution in [2.45, 2.75) is 25.8 Å². The van der Waals surface area contributed by atoms with Crippen molar-refractivity contribution in [3.8, 4) is 0 Å². The maximum atomic E-state index is 3.68. The van der Waals surface area contributed by atoms with Crippen LogP contribution in [0.4, 0.5) is 0 Å². The lowest BCUT2D eigenvalue weighted by Gasteiger charge is -2.23. The Hall–Kier alpha value is -0.340. The summed E-state index contributed by atoms with van der Waals surface area (Å²) < 4.78 is 0. The number of nitrogens with zero attached hydrogens (tertiary/aromatic N) is 1. The number of rotatable bonds is 5. The topological polar surface area (TPSA) is 15.3 Å². The maximum Gasteiger partial charge on any atom is 0.0192 e. The second-order valence-corrected chi connectivity index (χ2v) is 3.54. The lowest BCUT2D eigenvalue weighted by molar-refractivity contribution is 0.254. The van der Waals surface area contributed by atoms with Gasteiger partial charge in [-0.15, -0.1) is 6.58 Å². The third kappa shape index (κ3) is 2.95.